The fourth-order valence-corrected chi connectivity index (χ4v) is 25.6. The average molecular weight is 1420 g/mol. The molecule has 0 aromatic heterocycles. The van der Waals surface area contributed by atoms with Crippen molar-refractivity contribution in [2.24, 2.45) is 76.4 Å². The van der Waals surface area contributed by atoms with Gasteiger partial charge in [-0.25, -0.2) is 0 Å². The molecule has 11 aliphatic heterocycles. The minimum Gasteiger partial charge on any atom is -0.310 e. The van der Waals surface area contributed by atoms with Gasteiger partial charge < -0.3 is 5.32 Å². The Morgan fingerprint density at radius 1 is 0.265 bits per heavy atom. The molecular formula is C94H178N8. The summed E-state index contributed by atoms with van der Waals surface area (Å²) in [5.41, 5.74) is 3.97. The topological polar surface area (TPSA) is 34.7 Å². The maximum atomic E-state index is 3.76. The van der Waals surface area contributed by atoms with Crippen molar-refractivity contribution in [1.29, 1.82) is 0 Å². The summed E-state index contributed by atoms with van der Waals surface area (Å²) in [7, 11) is 0. The zero-order valence-corrected chi connectivity index (χ0v) is 73.1. The van der Waals surface area contributed by atoms with Crippen LogP contribution in [0.15, 0.2) is 0 Å². The maximum Gasteiger partial charge on any atom is 0.0278 e. The van der Waals surface area contributed by atoms with Gasteiger partial charge in [0, 0.05) is 107 Å². The van der Waals surface area contributed by atoms with Crippen LogP contribution < -0.4 is 5.32 Å². The molecule has 0 radical (unpaired) electrons. The third kappa shape index (κ3) is 21.9. The van der Waals surface area contributed by atoms with Crippen molar-refractivity contribution in [3.8, 4) is 0 Å². The van der Waals surface area contributed by atoms with Crippen molar-refractivity contribution >= 4 is 0 Å². The quantitative estimate of drug-likeness (QED) is 0.257. The maximum absolute atomic E-state index is 3.76. The number of hydrogen-bond donors (Lipinski definition) is 1. The number of fused-ring (bicyclic) bond motifs is 16. The number of piperidine rings is 5. The highest BCUT2D eigenvalue weighted by Gasteiger charge is 2.79. The van der Waals surface area contributed by atoms with Crippen LogP contribution in [-0.4, -0.2) is 174 Å². The second-order valence-corrected chi connectivity index (χ2v) is 46.6. The Bertz CT molecular complexity index is 2440. The van der Waals surface area contributed by atoms with E-state index < -0.39 is 0 Å². The predicted molar refractivity (Wildman–Crippen MR) is 443 cm³/mol. The molecule has 19 fully saturated rings. The van der Waals surface area contributed by atoms with Crippen LogP contribution >= 0.6 is 0 Å². The van der Waals surface area contributed by atoms with E-state index in [1.807, 2.05) is 0 Å². The van der Waals surface area contributed by atoms with Gasteiger partial charge in [0.05, 0.1) is 0 Å². The van der Waals surface area contributed by atoms with Gasteiger partial charge in [-0.1, -0.05) is 59.3 Å². The summed E-state index contributed by atoms with van der Waals surface area (Å²) in [4.78, 5) is 19.1. The lowest BCUT2D eigenvalue weighted by Crippen LogP contribution is -2.56. The molecule has 1 N–H and O–H groups in total. The Kier molecular flexibility index (Phi) is 28.3. The van der Waals surface area contributed by atoms with Crippen LogP contribution in [0.3, 0.4) is 0 Å². The summed E-state index contributed by atoms with van der Waals surface area (Å²) in [5, 5.41) is 3.76. The van der Waals surface area contributed by atoms with E-state index in [-0.39, 0.29) is 0 Å². The molecule has 19 aliphatic rings. The Morgan fingerprint density at radius 3 is 1.15 bits per heavy atom. The van der Waals surface area contributed by atoms with Gasteiger partial charge in [0.15, 0.2) is 0 Å². The van der Waals surface area contributed by atoms with E-state index in [4.69, 9.17) is 0 Å². The van der Waals surface area contributed by atoms with Crippen molar-refractivity contribution in [1.82, 2.24) is 39.6 Å². The molecule has 10 bridgehead atoms. The van der Waals surface area contributed by atoms with Crippen molar-refractivity contribution < 1.29 is 0 Å². The van der Waals surface area contributed by atoms with E-state index in [1.165, 1.54) is 284 Å². The summed E-state index contributed by atoms with van der Waals surface area (Å²) >= 11 is 0. The van der Waals surface area contributed by atoms with E-state index in [0.717, 1.165) is 101 Å². The monoisotopic (exact) mass is 1420 g/mol. The number of hydrogen-bond acceptors (Lipinski definition) is 8. The standard InChI is InChI=1S/2C13H25N.2C12H23N.C11H19N.3C11H21N/c1-13(2,3)14-9-5-8-11-6-4-7-12(11)10-14;1-13(2,3)14-9-11-5-4-6-12(10-14)8-7-11;1-12(2,3)13-9-8-10-4-6-11(13)7-5-10;1-12(2,3)13-8-7-10-5-4-6-11(13)9-10;1-10(2,3)9-8-6-7-4-5-12-11(7,8)9;1-11(2,3)12-8-9-4-6-10(12)7-5-9;1-11(2,3)12-7-6-9-4-5-10(9)8-12;1-11(2,3)12-9-5-4-6-10(12)8-7-9/h2*11-12H,4-10H2,1-3H3;2*10-11H,4-9H2,1-3H3;7-9,12H,4-6H2,1-3H3;3*9-10H,4-8H2,1-3H3. The van der Waals surface area contributed by atoms with E-state index in [1.54, 1.807) is 0 Å². The Hall–Kier alpha value is -0.320. The van der Waals surface area contributed by atoms with Gasteiger partial charge in [0.25, 0.3) is 0 Å². The Morgan fingerprint density at radius 2 is 0.676 bits per heavy atom. The van der Waals surface area contributed by atoms with Gasteiger partial charge in [-0.15, -0.1) is 0 Å². The van der Waals surface area contributed by atoms with Crippen molar-refractivity contribution in [2.45, 2.75) is 459 Å². The molecule has 8 nitrogen and oxygen atoms in total. The molecule has 594 valence electrons. The largest absolute Gasteiger partial charge is 0.310 e. The molecule has 102 heavy (non-hydrogen) atoms. The van der Waals surface area contributed by atoms with Crippen LogP contribution in [0, 0.1) is 76.4 Å². The predicted octanol–water partition coefficient (Wildman–Crippen LogP) is 22.7. The first-order valence-corrected chi connectivity index (χ1v) is 45.7. The highest BCUT2D eigenvalue weighted by Crippen LogP contribution is 2.75. The second-order valence-electron chi connectivity index (χ2n) is 46.6. The van der Waals surface area contributed by atoms with Crippen molar-refractivity contribution in [3.63, 3.8) is 0 Å². The summed E-state index contributed by atoms with van der Waals surface area (Å²) in [6, 6.07) is 4.56. The summed E-state index contributed by atoms with van der Waals surface area (Å²) in [5.74, 6) is 12.5. The van der Waals surface area contributed by atoms with E-state index in [9.17, 15) is 0 Å². The van der Waals surface area contributed by atoms with Gasteiger partial charge in [0.2, 0.25) is 0 Å². The smallest absolute Gasteiger partial charge is 0.0278 e. The highest BCUT2D eigenvalue weighted by molar-refractivity contribution is 5.33. The van der Waals surface area contributed by atoms with Crippen LogP contribution in [0.4, 0.5) is 0 Å². The third-order valence-corrected chi connectivity index (χ3v) is 31.4. The molecule has 1 spiro atoms. The van der Waals surface area contributed by atoms with E-state index in [2.05, 4.69) is 206 Å². The molecule has 19 rings (SSSR count). The highest BCUT2D eigenvalue weighted by atomic mass is 15.3. The molecule has 11 saturated heterocycles. The fourth-order valence-electron chi connectivity index (χ4n) is 25.6. The van der Waals surface area contributed by atoms with Gasteiger partial charge in [-0.05, 0) is 434 Å². The number of nitrogens with one attached hydrogen (secondary N) is 1. The van der Waals surface area contributed by atoms with E-state index in [0.29, 0.717) is 49.7 Å². The van der Waals surface area contributed by atoms with Crippen LogP contribution in [0.25, 0.3) is 0 Å². The Labute approximate surface area is 636 Å². The lowest BCUT2D eigenvalue weighted by molar-refractivity contribution is -0.0163. The summed E-state index contributed by atoms with van der Waals surface area (Å²) in [6.07, 6.45) is 50.3. The van der Waals surface area contributed by atoms with E-state index >= 15 is 0 Å². The molecular weight excluding hydrogens is 1240 g/mol. The molecule has 14 atom stereocenters. The summed E-state index contributed by atoms with van der Waals surface area (Å²) < 4.78 is 0. The summed E-state index contributed by atoms with van der Waals surface area (Å²) in [6.45, 7) is 70.3. The molecule has 8 heteroatoms. The molecule has 11 heterocycles. The van der Waals surface area contributed by atoms with Crippen LogP contribution in [0.1, 0.15) is 384 Å². The molecule has 0 amide bonds. The van der Waals surface area contributed by atoms with Gasteiger partial charge in [0.1, 0.15) is 0 Å². The average Bonchev–Trinajstić information content (AvgIpc) is 1.48. The molecule has 0 aromatic rings. The number of rotatable bonds is 0. The second kappa shape index (κ2) is 34.3. The molecule has 8 saturated carbocycles. The van der Waals surface area contributed by atoms with Crippen LogP contribution in [0.2, 0.25) is 0 Å². The van der Waals surface area contributed by atoms with Crippen LogP contribution in [-0.2, 0) is 0 Å². The Balaban J connectivity index is 0.000000126. The number of nitrogens with zero attached hydrogens (tertiary/aromatic N) is 7. The third-order valence-electron chi connectivity index (χ3n) is 31.4. The fraction of sp³-hybridized carbons (Fsp3) is 1.00. The van der Waals surface area contributed by atoms with Crippen molar-refractivity contribution in [3.05, 3.63) is 0 Å². The normalized spacial score (nSPS) is 38.6. The van der Waals surface area contributed by atoms with Gasteiger partial charge in [-0.2, -0.15) is 0 Å². The van der Waals surface area contributed by atoms with Gasteiger partial charge in [-0.3, -0.25) is 34.3 Å². The first-order chi connectivity index (χ1) is 47.6. The zero-order chi connectivity index (χ0) is 74.2. The molecule has 8 aliphatic carbocycles. The van der Waals surface area contributed by atoms with Crippen molar-refractivity contribution in [2.75, 3.05) is 65.4 Å². The molecule has 14 unspecified atom stereocenters. The lowest BCUT2D eigenvalue weighted by atomic mass is 9.69. The van der Waals surface area contributed by atoms with Crippen LogP contribution in [0.5, 0.6) is 0 Å². The first-order valence-electron chi connectivity index (χ1n) is 45.7. The first kappa shape index (κ1) is 84.1. The number of likely N-dealkylation sites (tertiary alicyclic amines) is 4. The molecule has 0 aromatic carbocycles. The zero-order valence-electron chi connectivity index (χ0n) is 73.1. The SMILES string of the molecule is CC(C)(C)C1C2CC3CCNC321.CC(C)(C)N1C2CCCC1CC2.CC(C)(C)N1CC2CCC1CC2.CC(C)(C)N1CC2CCCC(CC2)C1.CC(C)(C)N1CCC2CCC1CC2.CC(C)(C)N1CCC2CCC2C1.CC(C)(C)N1CCC2CCCC1C2.CC(C)(C)N1CCCC2CCCC2C1. The van der Waals surface area contributed by atoms with Gasteiger partial charge >= 0.3 is 0 Å². The lowest BCUT2D eigenvalue weighted by Gasteiger charge is -2.51. The minimum atomic E-state index is 0.386. The minimum absolute atomic E-state index is 0.386.